The quantitative estimate of drug-likeness (QED) is 0.586. The summed E-state index contributed by atoms with van der Waals surface area (Å²) in [5, 5.41) is 0. The monoisotopic (exact) mass is 166 g/mol. The number of hydrogen-bond donors (Lipinski definition) is 0. The first kappa shape index (κ1) is 8.91. The van der Waals surface area contributed by atoms with Crippen LogP contribution in [0.4, 0.5) is 4.39 Å². The molecule has 1 nitrogen and oxygen atoms in total. The van der Waals surface area contributed by atoms with Crippen molar-refractivity contribution in [3.8, 4) is 0 Å². The Labute approximate surface area is 71.2 Å². The van der Waals surface area contributed by atoms with Crippen LogP contribution in [0.25, 0.3) is 0 Å². The first-order chi connectivity index (χ1) is 5.52. The number of benzene rings is 1. The second-order valence-corrected chi connectivity index (χ2v) is 3.05. The lowest BCUT2D eigenvalue weighted by Gasteiger charge is -2.05. The van der Waals surface area contributed by atoms with E-state index in [2.05, 4.69) is 0 Å². The van der Waals surface area contributed by atoms with Crippen molar-refractivity contribution in [2.24, 2.45) is 0 Å². The fourth-order valence-electron chi connectivity index (χ4n) is 1.49. The summed E-state index contributed by atoms with van der Waals surface area (Å²) in [6, 6.07) is 2.27. The van der Waals surface area contributed by atoms with E-state index in [9.17, 15) is 9.18 Å². The Balaban J connectivity index is 3.38. The molecule has 0 heterocycles. The van der Waals surface area contributed by atoms with E-state index in [1.54, 1.807) is 26.0 Å². The van der Waals surface area contributed by atoms with E-state index in [1.165, 1.54) is 0 Å². The highest BCUT2D eigenvalue weighted by molar-refractivity contribution is 5.91. The molecule has 64 valence electrons. The van der Waals surface area contributed by atoms with Gasteiger partial charge in [-0.05, 0) is 31.9 Å². The zero-order chi connectivity index (χ0) is 9.30. The molecule has 0 aliphatic carbocycles. The average molecular weight is 166 g/mol. The van der Waals surface area contributed by atoms with Crippen LogP contribution in [0.15, 0.2) is 12.1 Å². The van der Waals surface area contributed by atoms with Gasteiger partial charge in [-0.3, -0.25) is 4.79 Å². The lowest BCUT2D eigenvalue weighted by atomic mass is 10.0. The summed E-state index contributed by atoms with van der Waals surface area (Å²) in [7, 11) is 0. The molecule has 1 rings (SSSR count). The minimum atomic E-state index is -1.34. The zero-order valence-corrected chi connectivity index (χ0v) is 7.44. The topological polar surface area (TPSA) is 17.1 Å². The molecular weight excluding hydrogens is 155 g/mol. The number of rotatable bonds is 1. The summed E-state index contributed by atoms with van der Waals surface area (Å²) < 4.78 is 12.4. The second-order valence-electron chi connectivity index (χ2n) is 3.05. The molecule has 2 heteroatoms. The summed E-state index contributed by atoms with van der Waals surface area (Å²) in [4.78, 5) is 10.5. The third-order valence-electron chi connectivity index (χ3n) is 1.87. The fourth-order valence-corrected chi connectivity index (χ4v) is 1.49. The van der Waals surface area contributed by atoms with E-state index in [0.717, 1.165) is 5.56 Å². The SMILES string of the molecule is Cc1cc(C)c(C(=O)F)c(C)c1. The summed E-state index contributed by atoms with van der Waals surface area (Å²) in [6.07, 6.45) is 0. The van der Waals surface area contributed by atoms with Gasteiger partial charge in [0.15, 0.2) is 0 Å². The van der Waals surface area contributed by atoms with Gasteiger partial charge in [0.2, 0.25) is 0 Å². The molecule has 0 aromatic heterocycles. The van der Waals surface area contributed by atoms with Crippen molar-refractivity contribution in [1.29, 1.82) is 0 Å². The molecule has 0 spiro atoms. The molecular formula is C10H11FO. The number of hydrogen-bond acceptors (Lipinski definition) is 1. The Kier molecular flexibility index (Phi) is 2.27. The van der Waals surface area contributed by atoms with Gasteiger partial charge in [-0.15, -0.1) is 0 Å². The maximum Gasteiger partial charge on any atom is 0.332 e. The Hall–Kier alpha value is -1.18. The molecule has 0 fully saturated rings. The number of halogens is 1. The highest BCUT2D eigenvalue weighted by Crippen LogP contribution is 2.16. The van der Waals surface area contributed by atoms with Gasteiger partial charge < -0.3 is 0 Å². The van der Waals surface area contributed by atoms with Crippen LogP contribution in [0.3, 0.4) is 0 Å². The van der Waals surface area contributed by atoms with Crippen molar-refractivity contribution < 1.29 is 9.18 Å². The van der Waals surface area contributed by atoms with Gasteiger partial charge in [-0.1, -0.05) is 17.7 Å². The highest BCUT2D eigenvalue weighted by atomic mass is 19.1. The molecule has 0 saturated carbocycles. The molecule has 0 N–H and O–H groups in total. The highest BCUT2D eigenvalue weighted by Gasteiger charge is 2.10. The zero-order valence-electron chi connectivity index (χ0n) is 7.44. The Bertz CT molecular complexity index is 306. The maximum atomic E-state index is 12.4. The van der Waals surface area contributed by atoms with Crippen LogP contribution in [0, 0.1) is 20.8 Å². The van der Waals surface area contributed by atoms with Gasteiger partial charge in [0.05, 0.1) is 5.56 Å². The van der Waals surface area contributed by atoms with Crippen LogP contribution in [0.2, 0.25) is 0 Å². The Morgan fingerprint density at radius 2 is 1.58 bits per heavy atom. The van der Waals surface area contributed by atoms with Crippen molar-refractivity contribution in [2.75, 3.05) is 0 Å². The van der Waals surface area contributed by atoms with Crippen LogP contribution in [-0.2, 0) is 0 Å². The molecule has 0 bridgehead atoms. The molecule has 1 aromatic carbocycles. The van der Waals surface area contributed by atoms with Crippen molar-refractivity contribution in [1.82, 2.24) is 0 Å². The summed E-state index contributed by atoms with van der Waals surface area (Å²) >= 11 is 0. The van der Waals surface area contributed by atoms with Crippen LogP contribution in [0.5, 0.6) is 0 Å². The summed E-state index contributed by atoms with van der Waals surface area (Å²) in [5.74, 6) is 0. The molecule has 0 atom stereocenters. The Morgan fingerprint density at radius 1 is 1.17 bits per heavy atom. The van der Waals surface area contributed by atoms with E-state index >= 15 is 0 Å². The van der Waals surface area contributed by atoms with Crippen molar-refractivity contribution in [2.45, 2.75) is 20.8 Å². The van der Waals surface area contributed by atoms with E-state index in [4.69, 9.17) is 0 Å². The molecule has 1 aromatic rings. The molecule has 0 radical (unpaired) electrons. The normalized spacial score (nSPS) is 10.0. The Morgan fingerprint density at radius 3 is 1.92 bits per heavy atom. The maximum absolute atomic E-state index is 12.4. The lowest BCUT2D eigenvalue weighted by Crippen LogP contribution is -1.98. The third kappa shape index (κ3) is 1.52. The van der Waals surface area contributed by atoms with Crippen LogP contribution < -0.4 is 0 Å². The molecule has 0 aliphatic rings. The van der Waals surface area contributed by atoms with E-state index < -0.39 is 6.04 Å². The van der Waals surface area contributed by atoms with Gasteiger partial charge >= 0.3 is 6.04 Å². The van der Waals surface area contributed by atoms with Gasteiger partial charge in [0.25, 0.3) is 0 Å². The first-order valence-corrected chi connectivity index (χ1v) is 3.80. The van der Waals surface area contributed by atoms with Crippen molar-refractivity contribution in [3.05, 3.63) is 34.4 Å². The fraction of sp³-hybridized carbons (Fsp3) is 0.300. The van der Waals surface area contributed by atoms with E-state index in [0.29, 0.717) is 11.1 Å². The predicted molar refractivity (Wildman–Crippen MR) is 46.1 cm³/mol. The average Bonchev–Trinajstić information content (AvgIpc) is 1.82. The molecule has 0 unspecified atom stereocenters. The van der Waals surface area contributed by atoms with E-state index in [1.807, 2.05) is 6.92 Å². The molecule has 0 amide bonds. The van der Waals surface area contributed by atoms with Crippen LogP contribution in [-0.4, -0.2) is 6.04 Å². The minimum Gasteiger partial charge on any atom is -0.255 e. The number of carbonyl (C=O) groups is 1. The summed E-state index contributed by atoms with van der Waals surface area (Å²) in [6.45, 7) is 5.41. The van der Waals surface area contributed by atoms with E-state index in [-0.39, 0.29) is 5.56 Å². The molecule has 0 aliphatic heterocycles. The molecule has 12 heavy (non-hydrogen) atoms. The lowest BCUT2D eigenvalue weighted by molar-refractivity contribution is 0.0834. The van der Waals surface area contributed by atoms with Crippen LogP contribution in [0.1, 0.15) is 27.0 Å². The van der Waals surface area contributed by atoms with Crippen molar-refractivity contribution >= 4 is 6.04 Å². The predicted octanol–water partition coefficient (Wildman–Crippen LogP) is 2.72. The first-order valence-electron chi connectivity index (χ1n) is 3.80. The number of carbonyl (C=O) groups excluding carboxylic acids is 1. The smallest absolute Gasteiger partial charge is 0.255 e. The van der Waals surface area contributed by atoms with Gasteiger partial charge in [0, 0.05) is 0 Å². The minimum absolute atomic E-state index is 0.209. The van der Waals surface area contributed by atoms with Gasteiger partial charge in [-0.2, -0.15) is 4.39 Å². The standard InChI is InChI=1S/C10H11FO/c1-6-4-7(2)9(10(11)12)8(3)5-6/h4-5H,1-3H3. The van der Waals surface area contributed by atoms with Gasteiger partial charge in [-0.25, -0.2) is 0 Å². The van der Waals surface area contributed by atoms with Gasteiger partial charge in [0.1, 0.15) is 0 Å². The van der Waals surface area contributed by atoms with Crippen LogP contribution >= 0.6 is 0 Å². The number of aryl methyl sites for hydroxylation is 3. The van der Waals surface area contributed by atoms with Crippen molar-refractivity contribution in [3.63, 3.8) is 0 Å². The largest absolute Gasteiger partial charge is 0.332 e. The third-order valence-corrected chi connectivity index (χ3v) is 1.87. The summed E-state index contributed by atoms with van der Waals surface area (Å²) in [5.41, 5.74) is 2.68. The second kappa shape index (κ2) is 3.05. The molecule has 0 saturated heterocycles.